The van der Waals surface area contributed by atoms with E-state index in [0.717, 1.165) is 30.8 Å². The van der Waals surface area contributed by atoms with Gasteiger partial charge in [0.2, 0.25) is 5.89 Å². The van der Waals surface area contributed by atoms with Gasteiger partial charge in [-0.15, -0.1) is 0 Å². The molecule has 0 saturated heterocycles. The predicted molar refractivity (Wildman–Crippen MR) is 92.6 cm³/mol. The lowest BCUT2D eigenvalue weighted by Crippen LogP contribution is -2.38. The molecule has 1 saturated carbocycles. The van der Waals surface area contributed by atoms with Crippen LogP contribution in [0.1, 0.15) is 70.0 Å². The molecule has 1 heterocycles. The highest BCUT2D eigenvalue weighted by Gasteiger charge is 2.14. The first-order valence-electron chi connectivity index (χ1n) is 8.96. The number of nitrogens with zero attached hydrogens (tertiary/aromatic N) is 3. The number of guanidine groups is 1. The van der Waals surface area contributed by atoms with E-state index in [0.29, 0.717) is 18.2 Å². The van der Waals surface area contributed by atoms with Crippen molar-refractivity contribution in [3.63, 3.8) is 0 Å². The Hall–Kier alpha value is -1.59. The van der Waals surface area contributed by atoms with Crippen molar-refractivity contribution in [3.8, 4) is 0 Å². The molecule has 130 valence electrons. The Morgan fingerprint density at radius 3 is 2.65 bits per heavy atom. The van der Waals surface area contributed by atoms with Crippen molar-refractivity contribution in [2.24, 2.45) is 10.9 Å². The van der Waals surface area contributed by atoms with Gasteiger partial charge in [-0.2, -0.15) is 4.98 Å². The van der Waals surface area contributed by atoms with E-state index in [1.165, 1.54) is 38.5 Å². The largest absolute Gasteiger partial charge is 0.356 e. The highest BCUT2D eigenvalue weighted by atomic mass is 16.5. The molecular formula is C17H31N5O. The fourth-order valence-electron chi connectivity index (χ4n) is 3.01. The summed E-state index contributed by atoms with van der Waals surface area (Å²) in [6.45, 7) is 5.84. The lowest BCUT2D eigenvalue weighted by Gasteiger charge is -2.12. The second-order valence-corrected chi connectivity index (χ2v) is 6.67. The van der Waals surface area contributed by atoms with E-state index in [1.54, 1.807) is 7.05 Å². The second kappa shape index (κ2) is 9.53. The molecule has 0 spiro atoms. The van der Waals surface area contributed by atoms with Crippen molar-refractivity contribution < 1.29 is 4.52 Å². The summed E-state index contributed by atoms with van der Waals surface area (Å²) in [6, 6.07) is 0. The van der Waals surface area contributed by atoms with E-state index in [4.69, 9.17) is 4.52 Å². The van der Waals surface area contributed by atoms with Crippen LogP contribution in [0, 0.1) is 5.92 Å². The first-order valence-corrected chi connectivity index (χ1v) is 8.96. The van der Waals surface area contributed by atoms with E-state index in [9.17, 15) is 0 Å². The average Bonchev–Trinajstić information content (AvgIpc) is 3.21. The van der Waals surface area contributed by atoms with E-state index in [2.05, 4.69) is 39.6 Å². The molecule has 23 heavy (non-hydrogen) atoms. The molecule has 0 aromatic carbocycles. The Morgan fingerprint density at radius 1 is 1.26 bits per heavy atom. The highest BCUT2D eigenvalue weighted by molar-refractivity contribution is 5.79. The standard InChI is InChI=1S/C17H31N5O/c1-13(2)16-21-15(23-22-16)10-12-20-17(18-3)19-11-6-9-14-7-4-5-8-14/h13-14H,4-12H2,1-3H3,(H2,18,19,20). The van der Waals surface area contributed by atoms with Crippen LogP contribution in [0.3, 0.4) is 0 Å². The molecular weight excluding hydrogens is 290 g/mol. The molecule has 1 aromatic rings. The third kappa shape index (κ3) is 6.20. The molecule has 1 fully saturated rings. The van der Waals surface area contributed by atoms with E-state index in [-0.39, 0.29) is 0 Å². The molecule has 6 nitrogen and oxygen atoms in total. The predicted octanol–water partition coefficient (Wildman–Crippen LogP) is 2.87. The summed E-state index contributed by atoms with van der Waals surface area (Å²) >= 11 is 0. The summed E-state index contributed by atoms with van der Waals surface area (Å²) in [5, 5.41) is 10.6. The molecule has 1 aliphatic rings. The smallest absolute Gasteiger partial charge is 0.228 e. The molecule has 2 N–H and O–H groups in total. The number of aliphatic imine (C=N–C) groups is 1. The van der Waals surface area contributed by atoms with Gasteiger partial charge in [0.25, 0.3) is 0 Å². The molecule has 1 aromatic heterocycles. The van der Waals surface area contributed by atoms with Crippen LogP contribution in [-0.4, -0.2) is 36.2 Å². The molecule has 0 bridgehead atoms. The Kier molecular flexibility index (Phi) is 7.36. The van der Waals surface area contributed by atoms with Gasteiger partial charge in [-0.1, -0.05) is 44.7 Å². The number of hydrogen-bond donors (Lipinski definition) is 2. The van der Waals surface area contributed by atoms with Crippen molar-refractivity contribution in [2.75, 3.05) is 20.1 Å². The monoisotopic (exact) mass is 321 g/mol. The molecule has 1 aliphatic carbocycles. The third-order valence-electron chi connectivity index (χ3n) is 4.41. The fraction of sp³-hybridized carbons (Fsp3) is 0.824. The Balaban J connectivity index is 1.58. The Bertz CT molecular complexity index is 477. The highest BCUT2D eigenvalue weighted by Crippen LogP contribution is 2.28. The van der Waals surface area contributed by atoms with Crippen molar-refractivity contribution in [1.29, 1.82) is 0 Å². The van der Waals surface area contributed by atoms with Gasteiger partial charge < -0.3 is 15.2 Å². The third-order valence-corrected chi connectivity index (χ3v) is 4.41. The van der Waals surface area contributed by atoms with Crippen molar-refractivity contribution in [2.45, 2.75) is 64.7 Å². The van der Waals surface area contributed by atoms with Crippen LogP contribution in [0.4, 0.5) is 0 Å². The van der Waals surface area contributed by atoms with Crippen LogP contribution in [0.15, 0.2) is 9.52 Å². The molecule has 0 aliphatic heterocycles. The summed E-state index contributed by atoms with van der Waals surface area (Å²) < 4.78 is 5.24. The summed E-state index contributed by atoms with van der Waals surface area (Å²) in [5.74, 6) is 3.56. The zero-order valence-electron chi connectivity index (χ0n) is 14.8. The van der Waals surface area contributed by atoms with Gasteiger partial charge in [0.15, 0.2) is 11.8 Å². The first-order chi connectivity index (χ1) is 11.2. The topological polar surface area (TPSA) is 75.3 Å². The zero-order valence-corrected chi connectivity index (χ0v) is 14.8. The van der Waals surface area contributed by atoms with Gasteiger partial charge in [-0.25, -0.2) is 0 Å². The number of nitrogens with one attached hydrogen (secondary N) is 2. The van der Waals surface area contributed by atoms with Crippen LogP contribution in [-0.2, 0) is 6.42 Å². The number of rotatable bonds is 8. The second-order valence-electron chi connectivity index (χ2n) is 6.67. The van der Waals surface area contributed by atoms with Gasteiger partial charge in [-0.3, -0.25) is 4.99 Å². The maximum Gasteiger partial charge on any atom is 0.228 e. The Morgan fingerprint density at radius 2 is 2.00 bits per heavy atom. The Labute approximate surface area is 139 Å². The lowest BCUT2D eigenvalue weighted by molar-refractivity contribution is 0.371. The summed E-state index contributed by atoms with van der Waals surface area (Å²) in [7, 11) is 1.80. The lowest BCUT2D eigenvalue weighted by atomic mass is 10.0. The zero-order chi connectivity index (χ0) is 16.5. The van der Waals surface area contributed by atoms with Crippen LogP contribution in [0.25, 0.3) is 0 Å². The number of aromatic nitrogens is 2. The van der Waals surface area contributed by atoms with Gasteiger partial charge in [-0.05, 0) is 18.8 Å². The quantitative estimate of drug-likeness (QED) is 0.437. The van der Waals surface area contributed by atoms with Crippen molar-refractivity contribution >= 4 is 5.96 Å². The number of hydrogen-bond acceptors (Lipinski definition) is 4. The maximum atomic E-state index is 5.24. The summed E-state index contributed by atoms with van der Waals surface area (Å²) in [5.41, 5.74) is 0. The van der Waals surface area contributed by atoms with Crippen molar-refractivity contribution in [3.05, 3.63) is 11.7 Å². The normalized spacial score (nSPS) is 16.3. The summed E-state index contributed by atoms with van der Waals surface area (Å²) in [4.78, 5) is 8.62. The molecule has 2 rings (SSSR count). The van der Waals surface area contributed by atoms with Crippen LogP contribution in [0.5, 0.6) is 0 Å². The molecule has 6 heteroatoms. The molecule has 0 amide bonds. The fourth-order valence-corrected chi connectivity index (χ4v) is 3.01. The van der Waals surface area contributed by atoms with Gasteiger partial charge in [0.05, 0.1) is 0 Å². The van der Waals surface area contributed by atoms with Crippen LogP contribution >= 0.6 is 0 Å². The molecule has 0 radical (unpaired) electrons. The molecule has 0 atom stereocenters. The van der Waals surface area contributed by atoms with E-state index in [1.807, 2.05) is 0 Å². The minimum atomic E-state index is 0.301. The van der Waals surface area contributed by atoms with Crippen molar-refractivity contribution in [1.82, 2.24) is 20.8 Å². The summed E-state index contributed by atoms with van der Waals surface area (Å²) in [6.07, 6.45) is 8.97. The van der Waals surface area contributed by atoms with E-state index < -0.39 is 0 Å². The first kappa shape index (κ1) is 17.8. The van der Waals surface area contributed by atoms with Crippen LogP contribution < -0.4 is 10.6 Å². The SMILES string of the molecule is CN=C(NCCCC1CCCC1)NCCc1nc(C(C)C)no1. The minimum Gasteiger partial charge on any atom is -0.356 e. The minimum absolute atomic E-state index is 0.301. The molecule has 0 unspecified atom stereocenters. The van der Waals surface area contributed by atoms with Gasteiger partial charge in [0, 0.05) is 32.5 Å². The van der Waals surface area contributed by atoms with E-state index >= 15 is 0 Å². The maximum absolute atomic E-state index is 5.24. The van der Waals surface area contributed by atoms with Crippen LogP contribution in [0.2, 0.25) is 0 Å². The van der Waals surface area contributed by atoms with Gasteiger partial charge >= 0.3 is 0 Å². The van der Waals surface area contributed by atoms with Gasteiger partial charge in [0.1, 0.15) is 0 Å². The average molecular weight is 321 g/mol.